The van der Waals surface area contributed by atoms with Crippen molar-refractivity contribution < 1.29 is 9.59 Å². The van der Waals surface area contributed by atoms with Crippen LogP contribution in [0.1, 0.15) is 24.5 Å². The number of aromatic nitrogens is 1. The van der Waals surface area contributed by atoms with Crippen LogP contribution < -0.4 is 0 Å². The van der Waals surface area contributed by atoms with Crippen molar-refractivity contribution in [2.24, 2.45) is 0 Å². The first-order chi connectivity index (χ1) is 15.7. The average molecular weight is 428 g/mol. The summed E-state index contributed by atoms with van der Waals surface area (Å²) in [5.74, 6) is 0.0662. The molecule has 164 valence electrons. The molecule has 2 aromatic carbocycles. The number of benzene rings is 2. The zero-order valence-electron chi connectivity index (χ0n) is 18.5. The van der Waals surface area contributed by atoms with Gasteiger partial charge in [0, 0.05) is 44.9 Å². The van der Waals surface area contributed by atoms with E-state index in [1.807, 2.05) is 54.3 Å². The van der Waals surface area contributed by atoms with Crippen molar-refractivity contribution in [1.82, 2.24) is 14.8 Å². The lowest BCUT2D eigenvalue weighted by Gasteiger charge is -2.40. The lowest BCUT2D eigenvalue weighted by Crippen LogP contribution is -2.59. The lowest BCUT2D eigenvalue weighted by molar-refractivity contribution is -0.151. The number of carbonyl (C=O) groups is 2. The summed E-state index contributed by atoms with van der Waals surface area (Å²) in [6.07, 6.45) is 5.04. The van der Waals surface area contributed by atoms with Gasteiger partial charge >= 0.3 is 0 Å². The zero-order chi connectivity index (χ0) is 22.3. The van der Waals surface area contributed by atoms with Crippen molar-refractivity contribution >= 4 is 11.8 Å². The summed E-state index contributed by atoms with van der Waals surface area (Å²) in [6.45, 7) is 3.81. The normalized spacial score (nSPS) is 16.3. The number of aryl methyl sites for hydroxylation is 1. The molecule has 3 aromatic rings. The molecule has 1 aromatic heterocycles. The number of hydrogen-bond donors (Lipinski definition) is 0. The third-order valence-corrected chi connectivity index (χ3v) is 6.15. The Labute approximate surface area is 189 Å². The van der Waals surface area contributed by atoms with Crippen LogP contribution in [-0.4, -0.2) is 52.3 Å². The van der Waals surface area contributed by atoms with Gasteiger partial charge in [-0.3, -0.25) is 14.6 Å². The van der Waals surface area contributed by atoms with Crippen LogP contribution in [0, 0.1) is 0 Å². The Morgan fingerprint density at radius 1 is 1.00 bits per heavy atom. The number of nitrogens with zero attached hydrogens (tertiary/aromatic N) is 3. The van der Waals surface area contributed by atoms with Gasteiger partial charge in [0.15, 0.2) is 0 Å². The summed E-state index contributed by atoms with van der Waals surface area (Å²) in [6, 6.07) is 21.8. The molecule has 1 aliphatic heterocycles. The highest BCUT2D eigenvalue weighted by atomic mass is 16.2. The highest BCUT2D eigenvalue weighted by Gasteiger charge is 2.36. The van der Waals surface area contributed by atoms with E-state index in [-0.39, 0.29) is 11.8 Å². The molecule has 5 nitrogen and oxygen atoms in total. The molecule has 32 heavy (non-hydrogen) atoms. The minimum Gasteiger partial charge on any atom is -0.339 e. The quantitative estimate of drug-likeness (QED) is 0.573. The van der Waals surface area contributed by atoms with E-state index >= 15 is 0 Å². The average Bonchev–Trinajstić information content (AvgIpc) is 2.85. The Kier molecular flexibility index (Phi) is 6.95. The van der Waals surface area contributed by atoms with Crippen molar-refractivity contribution in [2.45, 2.75) is 32.2 Å². The van der Waals surface area contributed by atoms with E-state index in [1.54, 1.807) is 17.3 Å². The van der Waals surface area contributed by atoms with E-state index in [0.29, 0.717) is 38.9 Å². The van der Waals surface area contributed by atoms with Crippen molar-refractivity contribution in [2.75, 3.05) is 19.6 Å². The number of likely N-dealkylation sites (N-methyl/N-ethyl adjacent to an activating group) is 1. The SMILES string of the molecule is CCN1CCN(C(=O)CCc2cccnc2)[C@H](Cc2ccccc2-c2ccccc2)C1=O. The summed E-state index contributed by atoms with van der Waals surface area (Å²) in [5, 5.41) is 0. The van der Waals surface area contributed by atoms with Crippen LogP contribution in [0.2, 0.25) is 0 Å². The maximum absolute atomic E-state index is 13.3. The van der Waals surface area contributed by atoms with Gasteiger partial charge in [0.05, 0.1) is 0 Å². The molecular weight excluding hydrogens is 398 g/mol. The number of amides is 2. The summed E-state index contributed by atoms with van der Waals surface area (Å²) in [4.78, 5) is 34.3. The van der Waals surface area contributed by atoms with Crippen molar-refractivity contribution in [3.63, 3.8) is 0 Å². The third kappa shape index (κ3) is 4.88. The second kappa shape index (κ2) is 10.2. The van der Waals surface area contributed by atoms with Gasteiger partial charge in [-0.2, -0.15) is 0 Å². The van der Waals surface area contributed by atoms with Crippen LogP contribution in [0.15, 0.2) is 79.1 Å². The number of hydrogen-bond acceptors (Lipinski definition) is 3. The fraction of sp³-hybridized carbons (Fsp3) is 0.296. The topological polar surface area (TPSA) is 53.5 Å². The van der Waals surface area contributed by atoms with Crippen LogP contribution in [0.25, 0.3) is 11.1 Å². The molecule has 0 saturated carbocycles. The van der Waals surface area contributed by atoms with Gasteiger partial charge < -0.3 is 9.80 Å². The largest absolute Gasteiger partial charge is 0.339 e. The molecule has 0 radical (unpaired) electrons. The fourth-order valence-electron chi connectivity index (χ4n) is 4.40. The molecule has 1 atom stereocenters. The Balaban J connectivity index is 1.57. The zero-order valence-corrected chi connectivity index (χ0v) is 18.5. The van der Waals surface area contributed by atoms with Gasteiger partial charge in [0.25, 0.3) is 0 Å². The second-order valence-electron chi connectivity index (χ2n) is 8.11. The minimum atomic E-state index is -0.477. The molecule has 4 rings (SSSR count). The summed E-state index contributed by atoms with van der Waals surface area (Å²) in [7, 11) is 0. The van der Waals surface area contributed by atoms with E-state index < -0.39 is 6.04 Å². The van der Waals surface area contributed by atoms with Crippen LogP contribution in [-0.2, 0) is 22.4 Å². The number of rotatable bonds is 7. The molecule has 0 spiro atoms. The Morgan fingerprint density at radius 2 is 1.78 bits per heavy atom. The van der Waals surface area contributed by atoms with Gasteiger partial charge in [-0.1, -0.05) is 60.7 Å². The number of carbonyl (C=O) groups excluding carboxylic acids is 2. The van der Waals surface area contributed by atoms with Crippen molar-refractivity contribution in [3.05, 3.63) is 90.3 Å². The van der Waals surface area contributed by atoms with Crippen molar-refractivity contribution in [1.29, 1.82) is 0 Å². The molecule has 0 aliphatic carbocycles. The molecule has 0 unspecified atom stereocenters. The van der Waals surface area contributed by atoms with E-state index in [1.165, 1.54) is 0 Å². The second-order valence-corrected chi connectivity index (χ2v) is 8.11. The number of pyridine rings is 1. The van der Waals surface area contributed by atoms with Crippen LogP contribution >= 0.6 is 0 Å². The molecule has 1 fully saturated rings. The predicted octanol–water partition coefficient (Wildman–Crippen LogP) is 3.98. The highest BCUT2D eigenvalue weighted by molar-refractivity contribution is 5.89. The predicted molar refractivity (Wildman–Crippen MR) is 126 cm³/mol. The molecule has 2 amide bonds. The summed E-state index contributed by atoms with van der Waals surface area (Å²) >= 11 is 0. The van der Waals surface area contributed by atoms with E-state index in [2.05, 4.69) is 29.2 Å². The summed E-state index contributed by atoms with van der Waals surface area (Å²) < 4.78 is 0. The molecule has 2 heterocycles. The monoisotopic (exact) mass is 427 g/mol. The standard InChI is InChI=1S/C27H29N3O2/c1-2-29-17-18-30(26(31)15-14-21-9-8-16-28-20-21)25(27(29)32)19-23-12-6-7-13-24(23)22-10-4-3-5-11-22/h3-13,16,20,25H,2,14-15,17-19H2,1H3/t25-/m1/s1. The molecule has 0 N–H and O–H groups in total. The van der Waals surface area contributed by atoms with Gasteiger partial charge in [0.2, 0.25) is 11.8 Å². The third-order valence-electron chi connectivity index (χ3n) is 6.15. The highest BCUT2D eigenvalue weighted by Crippen LogP contribution is 2.27. The maximum atomic E-state index is 13.3. The first kappa shape index (κ1) is 21.8. The molecule has 5 heteroatoms. The first-order valence-electron chi connectivity index (χ1n) is 11.3. The van der Waals surface area contributed by atoms with Gasteiger partial charge in [0.1, 0.15) is 6.04 Å². The van der Waals surface area contributed by atoms with E-state index in [9.17, 15) is 9.59 Å². The molecular formula is C27H29N3O2. The maximum Gasteiger partial charge on any atom is 0.245 e. The smallest absolute Gasteiger partial charge is 0.245 e. The molecule has 0 bridgehead atoms. The Morgan fingerprint density at radius 3 is 2.53 bits per heavy atom. The first-order valence-corrected chi connectivity index (χ1v) is 11.3. The fourth-order valence-corrected chi connectivity index (χ4v) is 4.40. The van der Waals surface area contributed by atoms with Gasteiger partial charge in [-0.25, -0.2) is 0 Å². The minimum absolute atomic E-state index is 0.0279. The lowest BCUT2D eigenvalue weighted by atomic mass is 9.93. The molecule has 1 aliphatic rings. The van der Waals surface area contributed by atoms with Crippen LogP contribution in [0.3, 0.4) is 0 Å². The van der Waals surface area contributed by atoms with Gasteiger partial charge in [-0.05, 0) is 41.7 Å². The van der Waals surface area contributed by atoms with E-state index in [4.69, 9.17) is 0 Å². The Bertz CT molecular complexity index is 1050. The summed E-state index contributed by atoms with van der Waals surface area (Å²) in [5.41, 5.74) is 4.34. The van der Waals surface area contributed by atoms with Gasteiger partial charge in [-0.15, -0.1) is 0 Å². The molecule has 1 saturated heterocycles. The van der Waals surface area contributed by atoms with Crippen LogP contribution in [0.5, 0.6) is 0 Å². The van der Waals surface area contributed by atoms with E-state index in [0.717, 1.165) is 22.3 Å². The number of piperazine rings is 1. The van der Waals surface area contributed by atoms with Crippen LogP contribution in [0.4, 0.5) is 0 Å². The van der Waals surface area contributed by atoms with Crippen molar-refractivity contribution in [3.8, 4) is 11.1 Å². The Hall–Kier alpha value is -3.47.